The van der Waals surface area contributed by atoms with Gasteiger partial charge >= 0.3 is 0 Å². The van der Waals surface area contributed by atoms with E-state index in [2.05, 4.69) is 16.8 Å². The molecule has 2 aromatic rings. The molecule has 0 unspecified atom stereocenters. The quantitative estimate of drug-likeness (QED) is 0.852. The van der Waals surface area contributed by atoms with Crippen molar-refractivity contribution in [1.82, 2.24) is 4.98 Å². The number of benzene rings is 1. The molecule has 1 aliphatic rings. The molecule has 1 aliphatic heterocycles. The van der Waals surface area contributed by atoms with Crippen LogP contribution >= 0.6 is 34.5 Å². The Kier molecular flexibility index (Phi) is 4.25. The fraction of sp³-hybridized carbons (Fsp3) is 0.400. The molecule has 1 fully saturated rings. The number of nitrogen functional groups attached to an aromatic ring is 1. The van der Waals surface area contributed by atoms with Crippen molar-refractivity contribution in [2.45, 2.75) is 25.3 Å². The summed E-state index contributed by atoms with van der Waals surface area (Å²) < 4.78 is 0. The van der Waals surface area contributed by atoms with Crippen molar-refractivity contribution in [2.24, 2.45) is 5.73 Å². The number of halogens is 2. The highest BCUT2D eigenvalue weighted by molar-refractivity contribution is 7.19. The molecule has 0 saturated carbocycles. The molecular weight excluding hydrogens is 339 g/mol. The minimum absolute atomic E-state index is 0.0849. The van der Waals surface area contributed by atoms with Gasteiger partial charge in [0.05, 0.1) is 14.9 Å². The van der Waals surface area contributed by atoms with E-state index in [1.165, 1.54) is 0 Å². The molecule has 118 valence electrons. The summed E-state index contributed by atoms with van der Waals surface area (Å²) in [5.41, 5.74) is 13.0. The number of aromatic nitrogens is 1. The zero-order valence-electron chi connectivity index (χ0n) is 12.3. The van der Waals surface area contributed by atoms with Gasteiger partial charge in [-0.2, -0.15) is 0 Å². The summed E-state index contributed by atoms with van der Waals surface area (Å²) in [7, 11) is 0. The Hall–Kier alpha value is -1.01. The van der Waals surface area contributed by atoms with Gasteiger partial charge in [0.1, 0.15) is 5.82 Å². The first-order valence-electron chi connectivity index (χ1n) is 7.12. The van der Waals surface area contributed by atoms with Gasteiger partial charge in [-0.1, -0.05) is 46.7 Å². The number of rotatable bonds is 2. The minimum atomic E-state index is -0.0849. The van der Waals surface area contributed by atoms with Crippen LogP contribution in [0.15, 0.2) is 18.2 Å². The molecule has 1 saturated heterocycles. The normalized spacial score (nSPS) is 17.7. The molecule has 1 aromatic carbocycles. The Balaban J connectivity index is 1.90. The van der Waals surface area contributed by atoms with Crippen LogP contribution in [-0.2, 0) is 0 Å². The average Bonchev–Trinajstić information content (AvgIpc) is 2.84. The van der Waals surface area contributed by atoms with Crippen molar-refractivity contribution in [3.8, 4) is 10.4 Å². The molecule has 7 heteroatoms. The summed E-state index contributed by atoms with van der Waals surface area (Å²) in [5.74, 6) is 0.491. The smallest absolute Gasteiger partial charge is 0.187 e. The fourth-order valence-corrected chi connectivity index (χ4v) is 4.06. The Morgan fingerprint density at radius 2 is 1.95 bits per heavy atom. The Morgan fingerprint density at radius 3 is 2.64 bits per heavy atom. The second-order valence-electron chi connectivity index (χ2n) is 5.95. The van der Waals surface area contributed by atoms with Crippen LogP contribution in [-0.4, -0.2) is 23.6 Å². The number of hydrogen-bond donors (Lipinski definition) is 2. The first-order valence-corrected chi connectivity index (χ1v) is 8.69. The highest BCUT2D eigenvalue weighted by Gasteiger charge is 2.28. The van der Waals surface area contributed by atoms with Crippen LogP contribution in [0.5, 0.6) is 0 Å². The highest BCUT2D eigenvalue weighted by Crippen LogP contribution is 2.42. The Bertz CT molecular complexity index is 689. The van der Waals surface area contributed by atoms with Crippen LogP contribution in [0, 0.1) is 0 Å². The van der Waals surface area contributed by atoms with Crippen molar-refractivity contribution >= 4 is 45.5 Å². The van der Waals surface area contributed by atoms with Crippen molar-refractivity contribution in [3.05, 3.63) is 28.2 Å². The SMILES string of the molecule is CC1(N)CCN(c2nc(N)c(-c3cccc(Cl)c3Cl)s2)CC1. The van der Waals surface area contributed by atoms with Gasteiger partial charge in [0.25, 0.3) is 0 Å². The van der Waals surface area contributed by atoms with Gasteiger partial charge in [0.15, 0.2) is 5.13 Å². The monoisotopic (exact) mass is 356 g/mol. The van der Waals surface area contributed by atoms with Crippen LogP contribution in [0.25, 0.3) is 10.4 Å². The van der Waals surface area contributed by atoms with E-state index in [0.29, 0.717) is 15.9 Å². The van der Waals surface area contributed by atoms with E-state index in [9.17, 15) is 0 Å². The van der Waals surface area contributed by atoms with Crippen molar-refractivity contribution < 1.29 is 0 Å². The summed E-state index contributed by atoms with van der Waals surface area (Å²) in [6.45, 7) is 3.88. The van der Waals surface area contributed by atoms with Gasteiger partial charge in [-0.25, -0.2) is 4.98 Å². The molecule has 4 N–H and O–H groups in total. The van der Waals surface area contributed by atoms with Crippen LogP contribution in [0.4, 0.5) is 10.9 Å². The van der Waals surface area contributed by atoms with Crippen LogP contribution in [0.3, 0.4) is 0 Å². The van der Waals surface area contributed by atoms with E-state index in [4.69, 9.17) is 34.7 Å². The maximum absolute atomic E-state index is 6.29. The summed E-state index contributed by atoms with van der Waals surface area (Å²) in [6, 6.07) is 5.54. The van der Waals surface area contributed by atoms with Crippen LogP contribution in [0.2, 0.25) is 10.0 Å². The van der Waals surface area contributed by atoms with Gasteiger partial charge in [-0.15, -0.1) is 0 Å². The Morgan fingerprint density at radius 1 is 1.27 bits per heavy atom. The fourth-order valence-electron chi connectivity index (χ4n) is 2.54. The van der Waals surface area contributed by atoms with E-state index in [1.54, 1.807) is 17.4 Å². The number of nitrogens with two attached hydrogens (primary N) is 2. The zero-order valence-corrected chi connectivity index (χ0v) is 14.6. The lowest BCUT2D eigenvalue weighted by atomic mass is 9.91. The lowest BCUT2D eigenvalue weighted by molar-refractivity contribution is 0.364. The second kappa shape index (κ2) is 5.89. The predicted molar refractivity (Wildman–Crippen MR) is 96.0 cm³/mol. The third-order valence-electron chi connectivity index (χ3n) is 4.01. The van der Waals surface area contributed by atoms with E-state index in [-0.39, 0.29) is 5.54 Å². The van der Waals surface area contributed by atoms with E-state index < -0.39 is 0 Å². The van der Waals surface area contributed by atoms with Crippen LogP contribution < -0.4 is 16.4 Å². The first-order chi connectivity index (χ1) is 10.4. The molecule has 4 nitrogen and oxygen atoms in total. The van der Waals surface area contributed by atoms with E-state index in [1.807, 2.05) is 12.1 Å². The molecule has 2 heterocycles. The number of thiazole rings is 1. The standard InChI is InChI=1S/C15H18Cl2N4S/c1-15(19)5-7-21(8-6-15)14-20-13(18)12(22-14)9-3-2-4-10(16)11(9)17/h2-4H,5-8,18-19H2,1H3. The first kappa shape index (κ1) is 15.9. The van der Waals surface area contributed by atoms with Crippen molar-refractivity contribution in [3.63, 3.8) is 0 Å². The molecule has 3 rings (SSSR count). The average molecular weight is 357 g/mol. The Labute approximate surface area is 144 Å². The van der Waals surface area contributed by atoms with Gasteiger partial charge in [-0.3, -0.25) is 0 Å². The largest absolute Gasteiger partial charge is 0.382 e. The molecule has 0 bridgehead atoms. The van der Waals surface area contributed by atoms with E-state index >= 15 is 0 Å². The lowest BCUT2D eigenvalue weighted by Crippen LogP contribution is -2.48. The van der Waals surface area contributed by atoms with Crippen LogP contribution in [0.1, 0.15) is 19.8 Å². The molecule has 0 spiro atoms. The highest BCUT2D eigenvalue weighted by atomic mass is 35.5. The molecule has 0 amide bonds. The molecule has 0 aliphatic carbocycles. The molecule has 0 radical (unpaired) electrons. The lowest BCUT2D eigenvalue weighted by Gasteiger charge is -2.36. The molecule has 1 aromatic heterocycles. The maximum atomic E-state index is 6.29. The summed E-state index contributed by atoms with van der Waals surface area (Å²) in [4.78, 5) is 7.61. The zero-order chi connectivity index (χ0) is 15.9. The minimum Gasteiger partial charge on any atom is -0.382 e. The molecule has 22 heavy (non-hydrogen) atoms. The number of anilines is 2. The summed E-state index contributed by atoms with van der Waals surface area (Å²) >= 11 is 13.9. The predicted octanol–water partition coefficient (Wildman–Crippen LogP) is 4.02. The second-order valence-corrected chi connectivity index (χ2v) is 7.72. The summed E-state index contributed by atoms with van der Waals surface area (Å²) in [6.07, 6.45) is 1.89. The summed E-state index contributed by atoms with van der Waals surface area (Å²) in [5, 5.41) is 1.95. The van der Waals surface area contributed by atoms with Gasteiger partial charge < -0.3 is 16.4 Å². The van der Waals surface area contributed by atoms with Gasteiger partial charge in [-0.05, 0) is 25.8 Å². The number of nitrogens with zero attached hydrogens (tertiary/aromatic N) is 2. The molecule has 0 atom stereocenters. The third kappa shape index (κ3) is 3.04. The van der Waals surface area contributed by atoms with E-state index in [0.717, 1.165) is 41.5 Å². The van der Waals surface area contributed by atoms with Crippen molar-refractivity contribution in [1.29, 1.82) is 0 Å². The third-order valence-corrected chi connectivity index (χ3v) is 6.00. The van der Waals surface area contributed by atoms with Crippen molar-refractivity contribution in [2.75, 3.05) is 23.7 Å². The van der Waals surface area contributed by atoms with Gasteiger partial charge in [0.2, 0.25) is 0 Å². The molecular formula is C15H18Cl2N4S. The number of piperidine rings is 1. The van der Waals surface area contributed by atoms with Gasteiger partial charge in [0, 0.05) is 24.2 Å². The number of hydrogen-bond acceptors (Lipinski definition) is 5. The topological polar surface area (TPSA) is 68.2 Å². The maximum Gasteiger partial charge on any atom is 0.187 e.